The first kappa shape index (κ1) is 16.1. The van der Waals surface area contributed by atoms with Gasteiger partial charge in [0.1, 0.15) is 11.6 Å². The summed E-state index contributed by atoms with van der Waals surface area (Å²) in [6.07, 6.45) is 0. The van der Waals surface area contributed by atoms with Crippen molar-refractivity contribution >= 4 is 22.2 Å². The Morgan fingerprint density at radius 1 is 1.12 bits per heavy atom. The van der Waals surface area contributed by atoms with E-state index in [4.69, 9.17) is 4.74 Å². The lowest BCUT2D eigenvalue weighted by atomic mass is 10.1. The minimum atomic E-state index is -0.257. The highest BCUT2D eigenvalue weighted by Gasteiger charge is 2.05. The van der Waals surface area contributed by atoms with Crippen LogP contribution in [0.25, 0.3) is 11.3 Å². The average Bonchev–Trinajstić information content (AvgIpc) is 3.09. The van der Waals surface area contributed by atoms with E-state index >= 15 is 0 Å². The van der Waals surface area contributed by atoms with Gasteiger partial charge in [0, 0.05) is 10.9 Å². The monoisotopic (exact) mass is 341 g/mol. The molecule has 0 aliphatic carbocycles. The summed E-state index contributed by atoms with van der Waals surface area (Å²) in [5.41, 5.74) is 6.47. The molecule has 4 nitrogen and oxygen atoms in total. The molecule has 0 atom stereocenters. The summed E-state index contributed by atoms with van der Waals surface area (Å²) >= 11 is 1.45. The van der Waals surface area contributed by atoms with E-state index in [1.807, 2.05) is 36.6 Å². The number of halogens is 1. The van der Waals surface area contributed by atoms with Gasteiger partial charge in [0.2, 0.25) is 5.13 Å². The van der Waals surface area contributed by atoms with Crippen molar-refractivity contribution in [3.8, 4) is 17.0 Å². The first-order valence-electron chi connectivity index (χ1n) is 7.32. The summed E-state index contributed by atoms with van der Waals surface area (Å²) in [5, 5.41) is 6.95. The van der Waals surface area contributed by atoms with E-state index in [0.29, 0.717) is 5.13 Å². The third-order valence-electron chi connectivity index (χ3n) is 3.47. The fourth-order valence-corrected chi connectivity index (χ4v) is 2.77. The molecule has 24 heavy (non-hydrogen) atoms. The fourth-order valence-electron chi connectivity index (χ4n) is 2.11. The third kappa shape index (κ3) is 3.78. The predicted molar refractivity (Wildman–Crippen MR) is 96.3 cm³/mol. The predicted octanol–water partition coefficient (Wildman–Crippen LogP) is 4.79. The zero-order chi connectivity index (χ0) is 16.9. The number of hydrogen-bond donors (Lipinski definition) is 1. The van der Waals surface area contributed by atoms with Gasteiger partial charge in [0.05, 0.1) is 18.5 Å². The van der Waals surface area contributed by atoms with Gasteiger partial charge >= 0.3 is 0 Å². The van der Waals surface area contributed by atoms with E-state index in [1.54, 1.807) is 19.2 Å². The minimum Gasteiger partial charge on any atom is -0.497 e. The Morgan fingerprint density at radius 2 is 1.83 bits per heavy atom. The summed E-state index contributed by atoms with van der Waals surface area (Å²) in [6.45, 7) is 1.92. The molecule has 3 aromatic rings. The molecule has 0 spiro atoms. The van der Waals surface area contributed by atoms with Gasteiger partial charge in [-0.3, -0.25) is 5.43 Å². The third-order valence-corrected chi connectivity index (χ3v) is 4.22. The second kappa shape index (κ2) is 7.23. The van der Waals surface area contributed by atoms with E-state index in [2.05, 4.69) is 15.5 Å². The Bertz CT molecular complexity index is 841. The van der Waals surface area contributed by atoms with Crippen LogP contribution in [0.4, 0.5) is 9.52 Å². The van der Waals surface area contributed by atoms with Gasteiger partial charge in [0.15, 0.2) is 0 Å². The van der Waals surface area contributed by atoms with Gasteiger partial charge < -0.3 is 4.74 Å². The summed E-state index contributed by atoms with van der Waals surface area (Å²) in [4.78, 5) is 4.46. The van der Waals surface area contributed by atoms with Gasteiger partial charge in [-0.25, -0.2) is 9.37 Å². The van der Waals surface area contributed by atoms with Crippen molar-refractivity contribution in [2.24, 2.45) is 5.10 Å². The Morgan fingerprint density at radius 3 is 2.50 bits per heavy atom. The van der Waals surface area contributed by atoms with E-state index < -0.39 is 0 Å². The molecule has 0 saturated heterocycles. The molecule has 0 saturated carbocycles. The quantitative estimate of drug-likeness (QED) is 0.536. The molecule has 0 fully saturated rings. The smallest absolute Gasteiger partial charge is 0.203 e. The van der Waals surface area contributed by atoms with Crippen molar-refractivity contribution in [3.63, 3.8) is 0 Å². The van der Waals surface area contributed by atoms with Crippen LogP contribution in [0.15, 0.2) is 59.0 Å². The van der Waals surface area contributed by atoms with Crippen LogP contribution in [-0.4, -0.2) is 17.8 Å². The molecule has 0 aliphatic heterocycles. The van der Waals surface area contributed by atoms with Crippen LogP contribution < -0.4 is 10.2 Å². The second-order valence-corrected chi connectivity index (χ2v) is 5.94. The number of methoxy groups -OCH3 is 1. The number of hydrogen-bond acceptors (Lipinski definition) is 5. The highest BCUT2D eigenvalue weighted by molar-refractivity contribution is 7.14. The van der Waals surface area contributed by atoms with Crippen LogP contribution in [0.5, 0.6) is 5.75 Å². The Labute approximate surface area is 143 Å². The number of nitrogens with one attached hydrogen (secondary N) is 1. The lowest BCUT2D eigenvalue weighted by molar-refractivity contribution is 0.415. The van der Waals surface area contributed by atoms with E-state index in [9.17, 15) is 4.39 Å². The first-order valence-corrected chi connectivity index (χ1v) is 8.20. The SMILES string of the molecule is COc1ccc(/C(C)=N\Nc2nc(-c3ccc(F)cc3)cs2)cc1. The molecule has 0 amide bonds. The van der Waals surface area contributed by atoms with E-state index in [-0.39, 0.29) is 5.82 Å². The molecule has 0 unspecified atom stereocenters. The molecule has 6 heteroatoms. The van der Waals surface area contributed by atoms with Crippen molar-refractivity contribution in [1.82, 2.24) is 4.98 Å². The van der Waals surface area contributed by atoms with Crippen LogP contribution in [0.3, 0.4) is 0 Å². The number of benzene rings is 2. The van der Waals surface area contributed by atoms with Gasteiger partial charge in [-0.2, -0.15) is 5.10 Å². The Kier molecular flexibility index (Phi) is 4.86. The van der Waals surface area contributed by atoms with Gasteiger partial charge in [-0.15, -0.1) is 11.3 Å². The molecule has 0 aliphatic rings. The number of aromatic nitrogens is 1. The zero-order valence-electron chi connectivity index (χ0n) is 13.3. The molecular weight excluding hydrogens is 325 g/mol. The summed E-state index contributed by atoms with van der Waals surface area (Å²) in [7, 11) is 1.64. The molecule has 3 rings (SSSR count). The number of rotatable bonds is 5. The molecule has 1 aromatic heterocycles. The number of thiazole rings is 1. The van der Waals surface area contributed by atoms with Crippen molar-refractivity contribution in [2.75, 3.05) is 12.5 Å². The average molecular weight is 341 g/mol. The van der Waals surface area contributed by atoms with Gasteiger partial charge in [-0.1, -0.05) is 0 Å². The molecule has 122 valence electrons. The summed E-state index contributed by atoms with van der Waals surface area (Å²) in [6, 6.07) is 14.0. The number of nitrogens with zero attached hydrogens (tertiary/aromatic N) is 2. The number of anilines is 1. The van der Waals surface area contributed by atoms with E-state index in [1.165, 1.54) is 23.5 Å². The zero-order valence-corrected chi connectivity index (χ0v) is 14.1. The minimum absolute atomic E-state index is 0.257. The normalized spacial score (nSPS) is 11.4. The molecule has 0 bridgehead atoms. The van der Waals surface area contributed by atoms with Crippen LogP contribution in [0, 0.1) is 5.82 Å². The lowest BCUT2D eigenvalue weighted by Gasteiger charge is -2.03. The van der Waals surface area contributed by atoms with Crippen LogP contribution >= 0.6 is 11.3 Å². The molecular formula is C18H16FN3OS. The Hall–Kier alpha value is -2.73. The van der Waals surface area contributed by atoms with Gasteiger partial charge in [0.25, 0.3) is 0 Å². The lowest BCUT2D eigenvalue weighted by Crippen LogP contribution is -1.99. The second-order valence-electron chi connectivity index (χ2n) is 5.08. The van der Waals surface area contributed by atoms with E-state index in [0.717, 1.165) is 28.3 Å². The maximum absolute atomic E-state index is 13.0. The maximum atomic E-state index is 13.0. The van der Waals surface area contributed by atoms with Crippen molar-refractivity contribution in [3.05, 3.63) is 65.3 Å². The summed E-state index contributed by atoms with van der Waals surface area (Å²) in [5.74, 6) is 0.551. The van der Waals surface area contributed by atoms with Crippen LogP contribution in [0.1, 0.15) is 12.5 Å². The van der Waals surface area contributed by atoms with Crippen LogP contribution in [-0.2, 0) is 0 Å². The summed E-state index contributed by atoms with van der Waals surface area (Å²) < 4.78 is 18.1. The number of hydrazone groups is 1. The highest BCUT2D eigenvalue weighted by Crippen LogP contribution is 2.25. The molecule has 1 N–H and O–H groups in total. The van der Waals surface area contributed by atoms with Crippen molar-refractivity contribution in [1.29, 1.82) is 0 Å². The van der Waals surface area contributed by atoms with Crippen LogP contribution in [0.2, 0.25) is 0 Å². The molecule has 1 heterocycles. The Balaban J connectivity index is 1.70. The standard InChI is InChI=1S/C18H16FN3OS/c1-12(13-5-9-16(23-2)10-6-13)21-22-18-20-17(11-24-18)14-3-7-15(19)8-4-14/h3-11H,1-2H3,(H,20,22)/b21-12-. The largest absolute Gasteiger partial charge is 0.497 e. The van der Waals surface area contributed by atoms with Crippen molar-refractivity contribution in [2.45, 2.75) is 6.92 Å². The van der Waals surface area contributed by atoms with Gasteiger partial charge in [-0.05, 0) is 61.0 Å². The first-order chi connectivity index (χ1) is 11.7. The topological polar surface area (TPSA) is 46.5 Å². The molecule has 2 aromatic carbocycles. The fraction of sp³-hybridized carbons (Fsp3) is 0.111. The number of ether oxygens (including phenoxy) is 1. The highest BCUT2D eigenvalue weighted by atomic mass is 32.1. The molecule has 0 radical (unpaired) electrons. The van der Waals surface area contributed by atoms with Crippen molar-refractivity contribution < 1.29 is 9.13 Å². The maximum Gasteiger partial charge on any atom is 0.203 e.